The molecule has 0 saturated carbocycles. The van der Waals surface area contributed by atoms with Crippen LogP contribution in [0.4, 0.5) is 0 Å². The Labute approximate surface area is 113 Å². The maximum atomic E-state index is 12.0. The van der Waals surface area contributed by atoms with Crippen molar-refractivity contribution in [2.75, 3.05) is 40.4 Å². The highest BCUT2D eigenvalue weighted by Crippen LogP contribution is 2.17. The van der Waals surface area contributed by atoms with Gasteiger partial charge in [-0.15, -0.1) is 0 Å². The number of amides is 1. The third kappa shape index (κ3) is 3.79. The zero-order valence-electron chi connectivity index (χ0n) is 11.4. The topological polar surface area (TPSA) is 66.7 Å². The second kappa shape index (κ2) is 6.70. The van der Waals surface area contributed by atoms with Gasteiger partial charge < -0.3 is 19.8 Å². The normalized spacial score (nSPS) is 21.3. The van der Waals surface area contributed by atoms with Crippen molar-refractivity contribution >= 4 is 5.91 Å². The second-order valence-corrected chi connectivity index (χ2v) is 4.82. The first-order valence-electron chi connectivity index (χ1n) is 6.47. The fourth-order valence-corrected chi connectivity index (χ4v) is 2.07. The molecule has 2 heterocycles. The van der Waals surface area contributed by atoms with Gasteiger partial charge in [0.05, 0.1) is 25.5 Å². The summed E-state index contributed by atoms with van der Waals surface area (Å²) in [5, 5.41) is 6.07. The number of carbonyl (C=O) groups excluding carboxylic acids is 1. The van der Waals surface area contributed by atoms with Crippen LogP contribution in [0.1, 0.15) is 11.8 Å². The molecule has 1 fully saturated rings. The monoisotopic (exact) mass is 267 g/mol. The van der Waals surface area contributed by atoms with Crippen molar-refractivity contribution in [3.8, 4) is 0 Å². The van der Waals surface area contributed by atoms with E-state index in [4.69, 9.17) is 9.15 Å². The molecule has 6 nitrogen and oxygen atoms in total. The van der Waals surface area contributed by atoms with Gasteiger partial charge in [-0.3, -0.25) is 9.69 Å². The van der Waals surface area contributed by atoms with Crippen LogP contribution in [0.25, 0.3) is 0 Å². The molecule has 0 spiro atoms. The van der Waals surface area contributed by atoms with Crippen LogP contribution in [-0.2, 0) is 9.53 Å². The summed E-state index contributed by atoms with van der Waals surface area (Å²) in [6, 6.07) is 3.54. The van der Waals surface area contributed by atoms with E-state index in [1.54, 1.807) is 6.26 Å². The number of rotatable bonds is 5. The molecule has 1 aliphatic heterocycles. The van der Waals surface area contributed by atoms with Gasteiger partial charge in [-0.2, -0.15) is 0 Å². The Kier molecular flexibility index (Phi) is 4.95. The summed E-state index contributed by atoms with van der Waals surface area (Å²) in [5.41, 5.74) is 0. The Morgan fingerprint density at radius 3 is 3.05 bits per heavy atom. The molecule has 0 aromatic carbocycles. The lowest BCUT2D eigenvalue weighted by atomic mass is 10.2. The number of nitrogens with one attached hydrogen (secondary N) is 2. The first-order valence-corrected chi connectivity index (χ1v) is 6.47. The van der Waals surface area contributed by atoms with Gasteiger partial charge in [0.2, 0.25) is 5.91 Å². The number of hydrogen-bond acceptors (Lipinski definition) is 5. The number of morpholine rings is 1. The van der Waals surface area contributed by atoms with Gasteiger partial charge >= 0.3 is 0 Å². The molecule has 2 atom stereocenters. The number of furan rings is 1. The van der Waals surface area contributed by atoms with Crippen LogP contribution in [0, 0.1) is 0 Å². The molecule has 0 radical (unpaired) electrons. The first-order chi connectivity index (χ1) is 9.18. The second-order valence-electron chi connectivity index (χ2n) is 4.82. The highest BCUT2D eigenvalue weighted by Gasteiger charge is 2.23. The van der Waals surface area contributed by atoms with Crippen molar-refractivity contribution in [3.63, 3.8) is 0 Å². The Morgan fingerprint density at radius 2 is 2.47 bits per heavy atom. The van der Waals surface area contributed by atoms with Gasteiger partial charge in [0, 0.05) is 13.1 Å². The lowest BCUT2D eigenvalue weighted by Gasteiger charge is -2.26. The molecule has 1 amide bonds. The summed E-state index contributed by atoms with van der Waals surface area (Å²) >= 11 is 0. The van der Waals surface area contributed by atoms with Crippen LogP contribution in [-0.4, -0.2) is 57.2 Å². The molecular weight excluding hydrogens is 246 g/mol. The van der Waals surface area contributed by atoms with Crippen molar-refractivity contribution in [1.82, 2.24) is 15.5 Å². The molecule has 6 heteroatoms. The molecule has 2 unspecified atom stereocenters. The van der Waals surface area contributed by atoms with E-state index in [1.165, 1.54) is 0 Å². The predicted octanol–water partition coefficient (Wildman–Crippen LogP) is -0.0131. The summed E-state index contributed by atoms with van der Waals surface area (Å²) < 4.78 is 10.7. The number of ether oxygens (including phenoxy) is 1. The van der Waals surface area contributed by atoms with E-state index in [2.05, 4.69) is 10.6 Å². The Hall–Kier alpha value is -1.37. The standard InChI is InChI=1S/C13H21N3O3/c1-16(2)11(12-4-3-6-19-12)8-15-13(17)10-9-18-7-5-14-10/h3-4,6,10-11,14H,5,7-9H2,1-2H3,(H,15,17). The molecule has 1 saturated heterocycles. The molecule has 19 heavy (non-hydrogen) atoms. The maximum absolute atomic E-state index is 12.0. The zero-order chi connectivity index (χ0) is 13.7. The lowest BCUT2D eigenvalue weighted by molar-refractivity contribution is -0.126. The first kappa shape index (κ1) is 14.0. The van der Waals surface area contributed by atoms with Crippen LogP contribution in [0.3, 0.4) is 0 Å². The molecule has 106 valence electrons. The largest absolute Gasteiger partial charge is 0.468 e. The Bertz CT molecular complexity index is 386. The van der Waals surface area contributed by atoms with Gasteiger partial charge in [0.25, 0.3) is 0 Å². The van der Waals surface area contributed by atoms with E-state index >= 15 is 0 Å². The van der Waals surface area contributed by atoms with Crippen LogP contribution in [0.15, 0.2) is 22.8 Å². The summed E-state index contributed by atoms with van der Waals surface area (Å²) in [5.74, 6) is 0.816. The van der Waals surface area contributed by atoms with E-state index in [-0.39, 0.29) is 18.0 Å². The van der Waals surface area contributed by atoms with Crippen LogP contribution in [0.5, 0.6) is 0 Å². The lowest BCUT2D eigenvalue weighted by Crippen LogP contribution is -2.52. The highest BCUT2D eigenvalue weighted by atomic mass is 16.5. The van der Waals surface area contributed by atoms with Crippen molar-refractivity contribution in [1.29, 1.82) is 0 Å². The third-order valence-corrected chi connectivity index (χ3v) is 3.20. The number of hydrogen-bond donors (Lipinski definition) is 2. The summed E-state index contributed by atoms with van der Waals surface area (Å²) in [7, 11) is 3.92. The van der Waals surface area contributed by atoms with Crippen molar-refractivity contribution < 1.29 is 13.9 Å². The fraction of sp³-hybridized carbons (Fsp3) is 0.615. The van der Waals surface area contributed by atoms with Crippen LogP contribution < -0.4 is 10.6 Å². The van der Waals surface area contributed by atoms with Crippen LogP contribution >= 0.6 is 0 Å². The maximum Gasteiger partial charge on any atom is 0.239 e. The van der Waals surface area contributed by atoms with Gasteiger partial charge in [-0.1, -0.05) is 0 Å². The highest BCUT2D eigenvalue weighted by molar-refractivity contribution is 5.82. The fourth-order valence-electron chi connectivity index (χ4n) is 2.07. The van der Waals surface area contributed by atoms with Gasteiger partial charge in [-0.25, -0.2) is 0 Å². The number of likely N-dealkylation sites (N-methyl/N-ethyl adjacent to an activating group) is 1. The molecule has 1 aliphatic rings. The van der Waals surface area contributed by atoms with E-state index in [9.17, 15) is 4.79 Å². The van der Waals surface area contributed by atoms with E-state index < -0.39 is 0 Å². The molecule has 1 aromatic rings. The van der Waals surface area contributed by atoms with E-state index in [1.807, 2.05) is 31.1 Å². The third-order valence-electron chi connectivity index (χ3n) is 3.20. The quantitative estimate of drug-likeness (QED) is 0.785. The molecule has 0 aliphatic carbocycles. The minimum absolute atomic E-state index is 0.0295. The summed E-state index contributed by atoms with van der Waals surface area (Å²) in [6.45, 7) is 2.32. The predicted molar refractivity (Wildman–Crippen MR) is 70.8 cm³/mol. The van der Waals surface area contributed by atoms with E-state index in [0.29, 0.717) is 26.3 Å². The molecular formula is C13H21N3O3. The average Bonchev–Trinajstić information content (AvgIpc) is 2.93. The van der Waals surface area contributed by atoms with Crippen molar-refractivity contribution in [2.45, 2.75) is 12.1 Å². The molecule has 2 rings (SSSR count). The molecule has 0 bridgehead atoms. The van der Waals surface area contributed by atoms with Crippen molar-refractivity contribution in [3.05, 3.63) is 24.2 Å². The van der Waals surface area contributed by atoms with Crippen LogP contribution in [0.2, 0.25) is 0 Å². The van der Waals surface area contributed by atoms with Gasteiger partial charge in [0.1, 0.15) is 11.8 Å². The van der Waals surface area contributed by atoms with Crippen molar-refractivity contribution in [2.24, 2.45) is 0 Å². The number of carbonyl (C=O) groups is 1. The SMILES string of the molecule is CN(C)C(CNC(=O)C1COCCN1)c1ccco1. The minimum atomic E-state index is -0.256. The zero-order valence-corrected chi connectivity index (χ0v) is 11.4. The number of nitrogens with zero attached hydrogens (tertiary/aromatic N) is 1. The Balaban J connectivity index is 1.86. The Morgan fingerprint density at radius 1 is 1.63 bits per heavy atom. The van der Waals surface area contributed by atoms with Gasteiger partial charge in [-0.05, 0) is 26.2 Å². The minimum Gasteiger partial charge on any atom is -0.468 e. The smallest absolute Gasteiger partial charge is 0.239 e. The summed E-state index contributed by atoms with van der Waals surface area (Å²) in [6.07, 6.45) is 1.64. The van der Waals surface area contributed by atoms with Gasteiger partial charge in [0.15, 0.2) is 0 Å². The molecule has 2 N–H and O–H groups in total. The molecule has 1 aromatic heterocycles. The average molecular weight is 267 g/mol. The van der Waals surface area contributed by atoms with E-state index in [0.717, 1.165) is 5.76 Å². The summed E-state index contributed by atoms with van der Waals surface area (Å²) in [4.78, 5) is 14.0.